The number of thiazole rings is 1. The van der Waals surface area contributed by atoms with Crippen LogP contribution in [-0.4, -0.2) is 82.4 Å². The third-order valence-corrected chi connectivity index (χ3v) is 9.12. The Kier molecular flexibility index (Phi) is 6.46. The lowest BCUT2D eigenvalue weighted by Gasteiger charge is -2.53. The Hall–Kier alpha value is -2.17. The molecule has 0 bridgehead atoms. The summed E-state index contributed by atoms with van der Waals surface area (Å²) >= 11 is 6.93. The van der Waals surface area contributed by atoms with Gasteiger partial charge < -0.3 is 21.1 Å². The molecule has 2 aromatic heterocycles. The van der Waals surface area contributed by atoms with Crippen molar-refractivity contribution in [2.24, 2.45) is 12.5 Å². The molecule has 16 heteroatoms. The van der Waals surface area contributed by atoms with Gasteiger partial charge in [-0.25, -0.2) is 9.67 Å². The number of β-lactam (4-membered cyclic amide) rings is 1. The molecule has 2 amide bonds. The summed E-state index contributed by atoms with van der Waals surface area (Å²) in [5, 5.41) is 26.0. The number of thioether (sulfide) groups is 2. The van der Waals surface area contributed by atoms with Crippen molar-refractivity contribution < 1.29 is 19.5 Å². The molecule has 4 N–H and O–H groups in total. The van der Waals surface area contributed by atoms with E-state index >= 15 is 0 Å². The van der Waals surface area contributed by atoms with E-state index in [1.807, 2.05) is 0 Å². The number of carbonyl (C=O) groups is 3. The number of rotatable bonds is 7. The zero-order chi connectivity index (χ0) is 23.0. The van der Waals surface area contributed by atoms with Crippen molar-refractivity contribution in [1.82, 2.24) is 35.4 Å². The zero-order valence-electron chi connectivity index (χ0n) is 16.5. The lowest BCUT2D eigenvalue weighted by Crippen LogP contribution is -2.74. The summed E-state index contributed by atoms with van der Waals surface area (Å²) < 4.78 is 1.46. The number of fused-ring (bicyclic) bond motifs is 1. The highest BCUT2D eigenvalue weighted by Crippen LogP contribution is 2.44. The molecule has 0 saturated carbocycles. The van der Waals surface area contributed by atoms with Gasteiger partial charge in [-0.15, -0.1) is 28.2 Å². The number of hydrogen-bond donors (Lipinski definition) is 3. The largest absolute Gasteiger partial charge is 0.481 e. The van der Waals surface area contributed by atoms with Crippen LogP contribution >= 0.6 is 50.8 Å². The van der Waals surface area contributed by atoms with Crippen LogP contribution in [0.1, 0.15) is 5.69 Å². The van der Waals surface area contributed by atoms with Crippen LogP contribution in [0.15, 0.2) is 15.5 Å². The fourth-order valence-corrected chi connectivity index (χ4v) is 7.02. The van der Waals surface area contributed by atoms with Gasteiger partial charge in [0.05, 0.1) is 11.3 Å². The van der Waals surface area contributed by atoms with Crippen molar-refractivity contribution in [2.75, 3.05) is 23.8 Å². The highest BCUT2D eigenvalue weighted by atomic mass is 79.9. The molecular formula is C16H17BrN8O4S3. The van der Waals surface area contributed by atoms with Gasteiger partial charge >= 0.3 is 5.97 Å². The molecule has 2 unspecified atom stereocenters. The third kappa shape index (κ3) is 4.11. The van der Waals surface area contributed by atoms with Crippen LogP contribution in [0.5, 0.6) is 0 Å². The molecule has 4 rings (SSSR count). The van der Waals surface area contributed by atoms with Gasteiger partial charge in [-0.2, -0.15) is 0 Å². The summed E-state index contributed by atoms with van der Waals surface area (Å²) in [4.78, 5) is 44.7. The minimum atomic E-state index is -1.15. The van der Waals surface area contributed by atoms with Crippen molar-refractivity contribution >= 4 is 79.3 Å². The van der Waals surface area contributed by atoms with Gasteiger partial charge in [0.25, 0.3) is 5.91 Å². The predicted octanol–water partition coefficient (Wildman–Crippen LogP) is 0.248. The topological polar surface area (TPSA) is 169 Å². The van der Waals surface area contributed by atoms with E-state index in [9.17, 15) is 19.5 Å². The maximum atomic E-state index is 12.8. The molecule has 32 heavy (non-hydrogen) atoms. The number of aryl methyl sites for hydroxylation is 1. The molecule has 0 aromatic carbocycles. The Morgan fingerprint density at radius 3 is 2.91 bits per heavy atom. The molecule has 12 nitrogen and oxygen atoms in total. The fraction of sp³-hybridized carbons (Fsp3) is 0.438. The molecule has 2 saturated heterocycles. The Morgan fingerprint density at radius 1 is 1.53 bits per heavy atom. The minimum absolute atomic E-state index is 0.0489. The Morgan fingerprint density at radius 2 is 2.31 bits per heavy atom. The van der Waals surface area contributed by atoms with Crippen LogP contribution < -0.4 is 11.1 Å². The van der Waals surface area contributed by atoms with E-state index in [0.29, 0.717) is 16.0 Å². The second kappa shape index (κ2) is 8.99. The Labute approximate surface area is 202 Å². The second-order valence-corrected chi connectivity index (χ2v) is 10.6. The number of amides is 2. The van der Waals surface area contributed by atoms with Gasteiger partial charge in [0.2, 0.25) is 11.1 Å². The van der Waals surface area contributed by atoms with Gasteiger partial charge in [0.15, 0.2) is 5.13 Å². The van der Waals surface area contributed by atoms with Crippen molar-refractivity contribution in [3.8, 4) is 0 Å². The van der Waals surface area contributed by atoms with Crippen LogP contribution in [0.4, 0.5) is 5.13 Å². The minimum Gasteiger partial charge on any atom is -0.481 e. The summed E-state index contributed by atoms with van der Waals surface area (Å²) in [7, 11) is 1.67. The summed E-state index contributed by atoms with van der Waals surface area (Å²) in [6.45, 7) is 0.0489. The fourth-order valence-electron chi connectivity index (χ4n) is 3.30. The first kappa shape index (κ1) is 23.0. The molecular weight excluding hydrogens is 544 g/mol. The molecule has 0 spiro atoms. The maximum absolute atomic E-state index is 12.8. The van der Waals surface area contributed by atoms with Crippen molar-refractivity contribution in [2.45, 2.75) is 16.6 Å². The Balaban J connectivity index is 1.42. The second-order valence-electron chi connectivity index (χ2n) is 7.17. The molecule has 0 aliphatic carbocycles. The van der Waals surface area contributed by atoms with Crippen LogP contribution in [0, 0.1) is 5.41 Å². The van der Waals surface area contributed by atoms with Crippen molar-refractivity contribution in [1.29, 1.82) is 0 Å². The highest BCUT2D eigenvalue weighted by molar-refractivity contribution is 9.11. The number of nitrogen functional groups attached to an aromatic ring is 1. The first-order valence-corrected chi connectivity index (χ1v) is 12.9. The summed E-state index contributed by atoms with van der Waals surface area (Å²) in [5.41, 5.74) is 5.14. The van der Waals surface area contributed by atoms with Gasteiger partial charge in [0.1, 0.15) is 16.8 Å². The van der Waals surface area contributed by atoms with Crippen molar-refractivity contribution in [3.05, 3.63) is 16.1 Å². The molecule has 2 aliphatic rings. The van der Waals surface area contributed by atoms with Crippen molar-refractivity contribution in [3.63, 3.8) is 0 Å². The summed E-state index contributed by atoms with van der Waals surface area (Å²) in [5.74, 6) is -1.29. The van der Waals surface area contributed by atoms with E-state index in [-0.39, 0.29) is 34.9 Å². The monoisotopic (exact) mass is 560 g/mol. The molecule has 2 aromatic rings. The predicted molar refractivity (Wildman–Crippen MR) is 123 cm³/mol. The number of nitrogens with zero attached hydrogens (tertiary/aromatic N) is 6. The number of carbonyl (C=O) groups excluding carboxylic acids is 2. The smallest absolute Gasteiger partial charge is 0.313 e. The standard InChI is InChI=1S/C16H17BrN8O4S3/c1-24-15(21-22-23-24)32-6-16(13(28)29)4-25-11(27)9(12(25)31-5-16)20-10(26)7(2-17)8-3-30-14(18)19-8/h2-3,9,12H,4-6H2,1H3,(H2,18,19)(H,20,26)(H,28,29)/t9?,12-,16?/m1/s1. The number of carboxylic acids is 1. The Bertz CT molecular complexity index is 1110. The van der Waals surface area contributed by atoms with Crippen LogP contribution in [0.3, 0.4) is 0 Å². The van der Waals surface area contributed by atoms with Gasteiger partial charge in [0, 0.05) is 30.5 Å². The lowest BCUT2D eigenvalue weighted by molar-refractivity contribution is -0.157. The molecule has 3 atom stereocenters. The van der Waals surface area contributed by atoms with E-state index in [1.165, 1.54) is 49.4 Å². The van der Waals surface area contributed by atoms with E-state index in [1.54, 1.807) is 12.4 Å². The van der Waals surface area contributed by atoms with E-state index < -0.39 is 23.3 Å². The third-order valence-electron chi connectivity index (χ3n) is 5.10. The molecule has 2 aliphatic heterocycles. The van der Waals surface area contributed by atoms with Gasteiger partial charge in [-0.05, 0) is 15.4 Å². The van der Waals surface area contributed by atoms with Crippen LogP contribution in [-0.2, 0) is 21.4 Å². The number of anilines is 1. The average molecular weight is 561 g/mol. The number of halogens is 1. The number of aromatic nitrogens is 5. The normalized spacial score (nSPS) is 25.2. The molecule has 4 heterocycles. The van der Waals surface area contributed by atoms with E-state index in [0.717, 1.165) is 0 Å². The maximum Gasteiger partial charge on any atom is 0.313 e. The molecule has 170 valence electrons. The SMILES string of the molecule is Cn1nnnc1SCC1(C(=O)O)CS[C@@H]2C(NC(=O)C(=CBr)c3csc(N)n3)C(=O)N2C1. The number of carboxylic acid groups (broad SMARTS) is 1. The number of aliphatic carboxylic acids is 1. The van der Waals surface area contributed by atoms with E-state index in [2.05, 4.69) is 41.8 Å². The summed E-state index contributed by atoms with van der Waals surface area (Å²) in [6, 6.07) is -0.742. The number of nitrogens with two attached hydrogens (primary N) is 1. The molecule has 2 fully saturated rings. The summed E-state index contributed by atoms with van der Waals surface area (Å²) in [6.07, 6.45) is 0. The van der Waals surface area contributed by atoms with Crippen LogP contribution in [0.2, 0.25) is 0 Å². The number of hydrogen-bond acceptors (Lipinski definition) is 11. The highest BCUT2D eigenvalue weighted by Gasteiger charge is 2.57. The quantitative estimate of drug-likeness (QED) is 0.241. The number of tetrazole rings is 1. The van der Waals surface area contributed by atoms with Gasteiger partial charge in [-0.1, -0.05) is 27.7 Å². The van der Waals surface area contributed by atoms with Gasteiger partial charge in [-0.3, -0.25) is 14.4 Å². The lowest BCUT2D eigenvalue weighted by atomic mass is 9.89. The zero-order valence-corrected chi connectivity index (χ0v) is 20.5. The van der Waals surface area contributed by atoms with E-state index in [4.69, 9.17) is 5.73 Å². The first-order chi connectivity index (χ1) is 15.3. The van der Waals surface area contributed by atoms with Crippen LogP contribution in [0.25, 0.3) is 5.57 Å². The number of nitrogens with one attached hydrogen (secondary N) is 1. The first-order valence-electron chi connectivity index (χ1n) is 9.09. The average Bonchev–Trinajstić information content (AvgIpc) is 3.38. The molecule has 0 radical (unpaired) electrons.